The monoisotopic (exact) mass is 414 g/mol. The molecular formula is C22H26N2O4S. The number of hydrogen-bond acceptors (Lipinski definition) is 5. The summed E-state index contributed by atoms with van der Waals surface area (Å²) in [5.74, 6) is 0.976. The molecule has 1 N–H and O–H groups in total. The quantitative estimate of drug-likeness (QED) is 0.735. The third-order valence-corrected chi connectivity index (χ3v) is 5.89. The molecule has 0 spiro atoms. The van der Waals surface area contributed by atoms with E-state index in [2.05, 4.69) is 5.32 Å². The van der Waals surface area contributed by atoms with Gasteiger partial charge < -0.3 is 19.7 Å². The van der Waals surface area contributed by atoms with Crippen LogP contribution in [0.1, 0.15) is 33.0 Å². The highest BCUT2D eigenvalue weighted by molar-refractivity contribution is 7.12. The Hall–Kier alpha value is -2.80. The first-order valence-electron chi connectivity index (χ1n) is 9.56. The van der Waals surface area contributed by atoms with Crippen LogP contribution in [-0.4, -0.2) is 50.1 Å². The van der Waals surface area contributed by atoms with Gasteiger partial charge in [0.05, 0.1) is 19.8 Å². The minimum atomic E-state index is -0.0994. The van der Waals surface area contributed by atoms with Crippen molar-refractivity contribution in [1.29, 1.82) is 0 Å². The van der Waals surface area contributed by atoms with Gasteiger partial charge in [-0.2, -0.15) is 0 Å². The van der Waals surface area contributed by atoms with Crippen LogP contribution in [0.15, 0.2) is 36.4 Å². The van der Waals surface area contributed by atoms with Gasteiger partial charge in [0, 0.05) is 41.0 Å². The van der Waals surface area contributed by atoms with Crippen molar-refractivity contribution in [2.75, 3.05) is 27.3 Å². The van der Waals surface area contributed by atoms with E-state index in [9.17, 15) is 9.59 Å². The van der Waals surface area contributed by atoms with Crippen molar-refractivity contribution >= 4 is 29.2 Å². The van der Waals surface area contributed by atoms with E-state index >= 15 is 0 Å². The third kappa shape index (κ3) is 5.38. The molecule has 0 aliphatic carbocycles. The predicted octanol–water partition coefficient (Wildman–Crippen LogP) is 3.51. The summed E-state index contributed by atoms with van der Waals surface area (Å²) in [6.45, 7) is 3.22. The minimum Gasteiger partial charge on any atom is -0.497 e. The molecular weight excluding hydrogens is 388 g/mol. The highest BCUT2D eigenvalue weighted by Crippen LogP contribution is 2.26. The molecule has 7 heteroatoms. The number of methoxy groups -OCH3 is 2. The van der Waals surface area contributed by atoms with E-state index in [1.165, 1.54) is 4.88 Å². The zero-order valence-electron chi connectivity index (χ0n) is 16.9. The Morgan fingerprint density at radius 2 is 1.90 bits per heavy atom. The number of rotatable bonds is 6. The molecule has 1 aromatic carbocycles. The maximum Gasteiger partial charge on any atom is 0.257 e. The van der Waals surface area contributed by atoms with Crippen LogP contribution in [0.3, 0.4) is 0 Å². The Morgan fingerprint density at radius 3 is 2.52 bits per heavy atom. The van der Waals surface area contributed by atoms with Gasteiger partial charge in [-0.3, -0.25) is 9.59 Å². The van der Waals surface area contributed by atoms with Crippen molar-refractivity contribution in [3.8, 4) is 11.5 Å². The minimum absolute atomic E-state index is 0.0674. The number of nitrogens with one attached hydrogen (secondary N) is 1. The molecule has 1 aromatic heterocycles. The van der Waals surface area contributed by atoms with Gasteiger partial charge in [-0.05, 0) is 50.1 Å². The normalized spacial score (nSPS) is 14.8. The fraction of sp³-hybridized carbons (Fsp3) is 0.364. The first-order chi connectivity index (χ1) is 14.0. The van der Waals surface area contributed by atoms with Crippen molar-refractivity contribution in [1.82, 2.24) is 10.2 Å². The summed E-state index contributed by atoms with van der Waals surface area (Å²) in [4.78, 5) is 29.1. The zero-order valence-corrected chi connectivity index (χ0v) is 17.8. The highest BCUT2D eigenvalue weighted by atomic mass is 32.1. The van der Waals surface area contributed by atoms with E-state index in [0.29, 0.717) is 30.2 Å². The smallest absolute Gasteiger partial charge is 0.257 e. The van der Waals surface area contributed by atoms with Gasteiger partial charge in [0.25, 0.3) is 5.91 Å². The lowest BCUT2D eigenvalue weighted by atomic mass is 10.0. The number of piperidine rings is 1. The molecule has 0 saturated carbocycles. The molecule has 2 amide bonds. The van der Waals surface area contributed by atoms with Crippen LogP contribution in [0.4, 0.5) is 0 Å². The number of carbonyl (C=O) groups is 2. The van der Waals surface area contributed by atoms with Crippen molar-refractivity contribution in [3.05, 3.63) is 51.7 Å². The summed E-state index contributed by atoms with van der Waals surface area (Å²) < 4.78 is 10.5. The molecule has 1 saturated heterocycles. The molecule has 29 heavy (non-hydrogen) atoms. The first-order valence-corrected chi connectivity index (χ1v) is 10.4. The number of nitrogens with zero attached hydrogens (tertiary/aromatic N) is 1. The number of ether oxygens (including phenoxy) is 2. The molecule has 3 rings (SSSR count). The standard InChI is InChI=1S/C22H26N2O4S/c1-15-4-6-18(29-15)7-9-21(25)23-16-10-12-24(13-11-16)22(26)19-8-5-17(27-2)14-20(19)28-3/h4-9,14,16H,10-13H2,1-3H3,(H,23,25). The van der Waals surface area contributed by atoms with Crippen LogP contribution < -0.4 is 14.8 Å². The molecule has 0 atom stereocenters. The summed E-state index contributed by atoms with van der Waals surface area (Å²) in [7, 11) is 3.12. The van der Waals surface area contributed by atoms with Gasteiger partial charge in [0.2, 0.25) is 5.91 Å². The Balaban J connectivity index is 1.53. The van der Waals surface area contributed by atoms with E-state index in [4.69, 9.17) is 9.47 Å². The van der Waals surface area contributed by atoms with Crippen LogP contribution in [0.5, 0.6) is 11.5 Å². The number of carbonyl (C=O) groups excluding carboxylic acids is 2. The van der Waals surface area contributed by atoms with E-state index in [0.717, 1.165) is 17.7 Å². The van der Waals surface area contributed by atoms with Crippen molar-refractivity contribution in [2.45, 2.75) is 25.8 Å². The molecule has 6 nitrogen and oxygen atoms in total. The summed E-state index contributed by atoms with van der Waals surface area (Å²) in [5, 5.41) is 3.03. The lowest BCUT2D eigenvalue weighted by Gasteiger charge is -2.32. The molecule has 1 aliphatic heterocycles. The van der Waals surface area contributed by atoms with Crippen LogP contribution in [0.25, 0.3) is 6.08 Å². The second kappa shape index (κ2) is 9.60. The largest absolute Gasteiger partial charge is 0.497 e. The average molecular weight is 415 g/mol. The van der Waals surface area contributed by atoms with Gasteiger partial charge in [0.15, 0.2) is 0 Å². The van der Waals surface area contributed by atoms with Gasteiger partial charge in [-0.15, -0.1) is 11.3 Å². The van der Waals surface area contributed by atoms with Gasteiger partial charge in [0.1, 0.15) is 11.5 Å². The SMILES string of the molecule is COc1ccc(C(=O)N2CCC(NC(=O)C=Cc3ccc(C)s3)CC2)c(OC)c1. The molecule has 0 unspecified atom stereocenters. The maximum absolute atomic E-state index is 12.9. The number of thiophene rings is 1. The molecule has 1 fully saturated rings. The number of hydrogen-bond donors (Lipinski definition) is 1. The fourth-order valence-corrected chi connectivity index (χ4v) is 4.10. The molecule has 2 aromatic rings. The zero-order chi connectivity index (χ0) is 20.8. The maximum atomic E-state index is 12.9. The lowest BCUT2D eigenvalue weighted by molar-refractivity contribution is -0.117. The fourth-order valence-electron chi connectivity index (χ4n) is 3.32. The van der Waals surface area contributed by atoms with Crippen LogP contribution in [-0.2, 0) is 4.79 Å². The number of benzene rings is 1. The van der Waals surface area contributed by atoms with E-state index in [-0.39, 0.29) is 17.9 Å². The molecule has 1 aliphatic rings. The number of aryl methyl sites for hydroxylation is 1. The highest BCUT2D eigenvalue weighted by Gasteiger charge is 2.26. The molecule has 154 valence electrons. The van der Waals surface area contributed by atoms with Crippen molar-refractivity contribution in [2.24, 2.45) is 0 Å². The van der Waals surface area contributed by atoms with Crippen molar-refractivity contribution < 1.29 is 19.1 Å². The van der Waals surface area contributed by atoms with Gasteiger partial charge in [-0.1, -0.05) is 0 Å². The van der Waals surface area contributed by atoms with E-state index in [1.807, 2.05) is 25.1 Å². The predicted molar refractivity (Wildman–Crippen MR) is 115 cm³/mol. The Labute approximate surface area is 175 Å². The van der Waals surface area contributed by atoms with Gasteiger partial charge >= 0.3 is 0 Å². The van der Waals surface area contributed by atoms with Gasteiger partial charge in [-0.25, -0.2) is 0 Å². The Kier molecular flexibility index (Phi) is 6.93. The number of likely N-dealkylation sites (tertiary alicyclic amines) is 1. The molecule has 0 radical (unpaired) electrons. The van der Waals surface area contributed by atoms with Crippen LogP contribution in [0, 0.1) is 6.92 Å². The molecule has 2 heterocycles. The summed E-state index contributed by atoms with van der Waals surface area (Å²) in [6.07, 6.45) is 4.86. The average Bonchev–Trinajstić information content (AvgIpc) is 3.17. The second-order valence-electron chi connectivity index (χ2n) is 6.92. The topological polar surface area (TPSA) is 67.9 Å². The third-order valence-electron chi connectivity index (χ3n) is 4.93. The van der Waals surface area contributed by atoms with Crippen LogP contribution in [0.2, 0.25) is 0 Å². The lowest BCUT2D eigenvalue weighted by Crippen LogP contribution is -2.46. The summed E-state index contributed by atoms with van der Waals surface area (Å²) in [6, 6.07) is 9.30. The van der Waals surface area contributed by atoms with Crippen molar-refractivity contribution in [3.63, 3.8) is 0 Å². The summed E-state index contributed by atoms with van der Waals surface area (Å²) >= 11 is 1.65. The molecule has 0 bridgehead atoms. The van der Waals surface area contributed by atoms with Crippen LogP contribution >= 0.6 is 11.3 Å². The first kappa shape index (κ1) is 20.9. The second-order valence-corrected chi connectivity index (χ2v) is 8.24. The number of amides is 2. The Bertz CT molecular complexity index is 898. The Morgan fingerprint density at radius 1 is 1.14 bits per heavy atom. The van der Waals surface area contributed by atoms with E-state index < -0.39 is 0 Å². The summed E-state index contributed by atoms with van der Waals surface area (Å²) in [5.41, 5.74) is 0.518. The van der Waals surface area contributed by atoms with E-state index in [1.54, 1.807) is 54.7 Å².